The van der Waals surface area contributed by atoms with Crippen LogP contribution in [-0.4, -0.2) is 29.2 Å². The summed E-state index contributed by atoms with van der Waals surface area (Å²) in [6, 6.07) is 0. The van der Waals surface area contributed by atoms with E-state index in [-0.39, 0.29) is 0 Å². The fourth-order valence-corrected chi connectivity index (χ4v) is 2.93. The van der Waals surface area contributed by atoms with Gasteiger partial charge in [0.25, 0.3) is 0 Å². The Hall–Kier alpha value is -0.0500. The van der Waals surface area contributed by atoms with Crippen molar-refractivity contribution < 1.29 is 4.79 Å². The summed E-state index contributed by atoms with van der Waals surface area (Å²) in [5.74, 6) is 1.06. The molecule has 0 spiro atoms. The zero-order valence-electron chi connectivity index (χ0n) is 11.1. The summed E-state index contributed by atoms with van der Waals surface area (Å²) < 4.78 is 0. The van der Waals surface area contributed by atoms with Crippen LogP contribution < -0.4 is 0 Å². The first kappa shape index (κ1) is 15.0. The Balaban J connectivity index is 2.01. The molecular formula is C14H26BrNO. The number of carbonyl (C=O) groups excluding carboxylic acids is 1. The molecule has 0 aromatic carbocycles. The molecule has 3 heteroatoms. The molecule has 1 atom stereocenters. The standard InChI is InChI=1S/C14H26BrNO/c1-2-3-4-5-6-7-8-14(17)16-10-9-13(11-15)12-16/h13H,2-12H2,1H3. The molecule has 1 amide bonds. The number of alkyl halides is 1. The molecule has 17 heavy (non-hydrogen) atoms. The quantitative estimate of drug-likeness (QED) is 0.490. The van der Waals surface area contributed by atoms with Crippen LogP contribution in [0.4, 0.5) is 0 Å². The molecule has 100 valence electrons. The van der Waals surface area contributed by atoms with Crippen LogP contribution in [0.2, 0.25) is 0 Å². The van der Waals surface area contributed by atoms with Gasteiger partial charge >= 0.3 is 0 Å². The van der Waals surface area contributed by atoms with E-state index >= 15 is 0 Å². The van der Waals surface area contributed by atoms with Gasteiger partial charge in [-0.2, -0.15) is 0 Å². The van der Waals surface area contributed by atoms with Gasteiger partial charge in [-0.05, 0) is 18.8 Å². The Morgan fingerprint density at radius 1 is 1.24 bits per heavy atom. The molecule has 0 aromatic rings. The van der Waals surface area contributed by atoms with Crippen molar-refractivity contribution in [3.05, 3.63) is 0 Å². The van der Waals surface area contributed by atoms with Crippen LogP contribution in [0.1, 0.15) is 58.3 Å². The number of amides is 1. The number of hydrogen-bond acceptors (Lipinski definition) is 1. The minimum Gasteiger partial charge on any atom is -0.342 e. The number of carbonyl (C=O) groups is 1. The van der Waals surface area contributed by atoms with Crippen LogP contribution in [0.15, 0.2) is 0 Å². The normalized spacial score (nSPS) is 19.9. The molecule has 1 aliphatic heterocycles. The minimum atomic E-state index is 0.379. The highest BCUT2D eigenvalue weighted by Crippen LogP contribution is 2.19. The van der Waals surface area contributed by atoms with Crippen molar-refractivity contribution in [3.8, 4) is 0 Å². The van der Waals surface area contributed by atoms with Gasteiger partial charge in [0, 0.05) is 24.8 Å². The zero-order valence-corrected chi connectivity index (χ0v) is 12.7. The second-order valence-corrected chi connectivity index (χ2v) is 5.81. The topological polar surface area (TPSA) is 20.3 Å². The highest BCUT2D eigenvalue weighted by Gasteiger charge is 2.24. The second kappa shape index (κ2) is 8.96. The van der Waals surface area contributed by atoms with Gasteiger partial charge in [0.2, 0.25) is 5.91 Å². The van der Waals surface area contributed by atoms with Crippen molar-refractivity contribution in [2.24, 2.45) is 5.92 Å². The maximum absolute atomic E-state index is 11.9. The van der Waals surface area contributed by atoms with E-state index in [4.69, 9.17) is 0 Å². The Labute approximate surface area is 114 Å². The van der Waals surface area contributed by atoms with Crippen LogP contribution in [0.5, 0.6) is 0 Å². The summed E-state index contributed by atoms with van der Waals surface area (Å²) in [5, 5.41) is 1.04. The fraction of sp³-hybridized carbons (Fsp3) is 0.929. The van der Waals surface area contributed by atoms with E-state index in [0.29, 0.717) is 11.8 Å². The highest BCUT2D eigenvalue weighted by atomic mass is 79.9. The highest BCUT2D eigenvalue weighted by molar-refractivity contribution is 9.09. The predicted molar refractivity (Wildman–Crippen MR) is 76.5 cm³/mol. The van der Waals surface area contributed by atoms with E-state index in [0.717, 1.165) is 31.3 Å². The van der Waals surface area contributed by atoms with Crippen LogP contribution >= 0.6 is 15.9 Å². The molecule has 1 heterocycles. The smallest absolute Gasteiger partial charge is 0.222 e. The molecule has 0 radical (unpaired) electrons. The van der Waals surface area contributed by atoms with Crippen molar-refractivity contribution in [1.82, 2.24) is 4.90 Å². The largest absolute Gasteiger partial charge is 0.342 e. The molecule has 0 aliphatic carbocycles. The lowest BCUT2D eigenvalue weighted by Gasteiger charge is -2.15. The Kier molecular flexibility index (Phi) is 7.91. The van der Waals surface area contributed by atoms with E-state index < -0.39 is 0 Å². The van der Waals surface area contributed by atoms with Gasteiger partial charge < -0.3 is 4.90 Å². The molecule has 0 aromatic heterocycles. The van der Waals surface area contributed by atoms with Crippen LogP contribution in [0.25, 0.3) is 0 Å². The number of nitrogens with zero attached hydrogens (tertiary/aromatic N) is 1. The first-order valence-corrected chi connectivity index (χ1v) is 8.23. The lowest BCUT2D eigenvalue weighted by atomic mass is 10.1. The summed E-state index contributed by atoms with van der Waals surface area (Å²) in [5.41, 5.74) is 0. The maximum Gasteiger partial charge on any atom is 0.222 e. The average Bonchev–Trinajstić information content (AvgIpc) is 2.82. The van der Waals surface area contributed by atoms with Gasteiger partial charge in [0.1, 0.15) is 0 Å². The maximum atomic E-state index is 11.9. The van der Waals surface area contributed by atoms with Gasteiger partial charge in [-0.1, -0.05) is 55.0 Å². The Morgan fingerprint density at radius 3 is 2.59 bits per heavy atom. The molecule has 1 unspecified atom stereocenters. The summed E-state index contributed by atoms with van der Waals surface area (Å²) >= 11 is 3.50. The molecule has 0 N–H and O–H groups in total. The monoisotopic (exact) mass is 303 g/mol. The van der Waals surface area contributed by atoms with E-state index in [9.17, 15) is 4.79 Å². The Morgan fingerprint density at radius 2 is 1.94 bits per heavy atom. The second-order valence-electron chi connectivity index (χ2n) is 5.17. The summed E-state index contributed by atoms with van der Waals surface area (Å²) in [7, 11) is 0. The van der Waals surface area contributed by atoms with E-state index in [1.807, 2.05) is 0 Å². The number of unbranched alkanes of at least 4 members (excludes halogenated alkanes) is 5. The van der Waals surface area contributed by atoms with E-state index in [1.165, 1.54) is 38.5 Å². The third-order valence-corrected chi connectivity index (χ3v) is 4.52. The predicted octanol–water partition coefficient (Wildman–Crippen LogP) is 3.98. The van der Waals surface area contributed by atoms with E-state index in [1.54, 1.807) is 0 Å². The van der Waals surface area contributed by atoms with Gasteiger partial charge in [-0.3, -0.25) is 4.79 Å². The third kappa shape index (κ3) is 5.89. The molecule has 1 saturated heterocycles. The summed E-state index contributed by atoms with van der Waals surface area (Å²) in [6.07, 6.45) is 9.51. The number of hydrogen-bond donors (Lipinski definition) is 0. The zero-order chi connectivity index (χ0) is 12.5. The van der Waals surface area contributed by atoms with Crippen LogP contribution in [-0.2, 0) is 4.79 Å². The number of halogens is 1. The van der Waals surface area contributed by atoms with Crippen molar-refractivity contribution >= 4 is 21.8 Å². The molecule has 1 fully saturated rings. The molecule has 0 saturated carbocycles. The van der Waals surface area contributed by atoms with Crippen molar-refractivity contribution in [2.45, 2.75) is 58.3 Å². The summed E-state index contributed by atoms with van der Waals surface area (Å²) in [6.45, 7) is 4.18. The van der Waals surface area contributed by atoms with Crippen molar-refractivity contribution in [2.75, 3.05) is 18.4 Å². The first-order chi connectivity index (χ1) is 8.27. The van der Waals surface area contributed by atoms with Gasteiger partial charge in [-0.25, -0.2) is 0 Å². The van der Waals surface area contributed by atoms with Crippen molar-refractivity contribution in [1.29, 1.82) is 0 Å². The first-order valence-electron chi connectivity index (χ1n) is 7.11. The molecular weight excluding hydrogens is 278 g/mol. The van der Waals surface area contributed by atoms with Gasteiger partial charge in [0.05, 0.1) is 0 Å². The number of rotatable bonds is 8. The van der Waals surface area contributed by atoms with Gasteiger partial charge in [-0.15, -0.1) is 0 Å². The molecule has 1 aliphatic rings. The van der Waals surface area contributed by atoms with Crippen molar-refractivity contribution in [3.63, 3.8) is 0 Å². The molecule has 0 bridgehead atoms. The molecule has 2 nitrogen and oxygen atoms in total. The lowest BCUT2D eigenvalue weighted by Crippen LogP contribution is -2.28. The van der Waals surface area contributed by atoms with Crippen LogP contribution in [0.3, 0.4) is 0 Å². The number of likely N-dealkylation sites (tertiary alicyclic amines) is 1. The minimum absolute atomic E-state index is 0.379. The third-order valence-electron chi connectivity index (χ3n) is 3.60. The molecule has 1 rings (SSSR count). The lowest BCUT2D eigenvalue weighted by molar-refractivity contribution is -0.130. The average molecular weight is 304 g/mol. The summed E-state index contributed by atoms with van der Waals surface area (Å²) in [4.78, 5) is 14.0. The van der Waals surface area contributed by atoms with Crippen LogP contribution in [0, 0.1) is 5.92 Å². The SMILES string of the molecule is CCCCCCCCC(=O)N1CCC(CBr)C1. The Bertz CT molecular complexity index is 220. The van der Waals surface area contributed by atoms with E-state index in [2.05, 4.69) is 27.8 Å². The fourth-order valence-electron chi connectivity index (χ4n) is 2.40. The van der Waals surface area contributed by atoms with Gasteiger partial charge in [0.15, 0.2) is 0 Å².